The molecule has 2 N–H and O–H groups in total. The molecule has 0 saturated heterocycles. The monoisotopic (exact) mass is 352 g/mol. The Morgan fingerprint density at radius 2 is 1.61 bits per heavy atom. The van der Waals surface area contributed by atoms with Crippen molar-refractivity contribution < 1.29 is 18.0 Å². The van der Waals surface area contributed by atoms with Crippen molar-refractivity contribution in [1.29, 1.82) is 0 Å². The number of halogens is 1. The molecule has 2 rings (SSSR count). The first-order valence-corrected chi connectivity index (χ1v) is 8.35. The van der Waals surface area contributed by atoms with E-state index in [4.69, 9.17) is 11.6 Å². The number of hydrogen-bond acceptors (Lipinski definition) is 4. The summed E-state index contributed by atoms with van der Waals surface area (Å²) < 4.78 is 25.8. The second-order valence-electron chi connectivity index (χ2n) is 4.68. The average molecular weight is 353 g/mol. The Bertz CT molecular complexity index is 848. The van der Waals surface area contributed by atoms with Gasteiger partial charge in [0, 0.05) is 0 Å². The lowest BCUT2D eigenvalue weighted by Crippen LogP contribution is -2.42. The van der Waals surface area contributed by atoms with E-state index in [2.05, 4.69) is 0 Å². The molecular formula is C15H13ClN2O4S. The molecule has 0 radical (unpaired) electrons. The highest BCUT2D eigenvalue weighted by Gasteiger charge is 2.20. The number of rotatable bonds is 3. The van der Waals surface area contributed by atoms with Crippen LogP contribution in [-0.4, -0.2) is 20.4 Å². The second kappa shape index (κ2) is 6.80. The van der Waals surface area contributed by atoms with Gasteiger partial charge in [-0.05, 0) is 31.2 Å². The summed E-state index contributed by atoms with van der Waals surface area (Å²) in [7, 11) is -4.06. The average Bonchev–Trinajstić information content (AvgIpc) is 2.47. The van der Waals surface area contributed by atoms with E-state index in [-0.39, 0.29) is 15.5 Å². The fourth-order valence-corrected chi connectivity index (χ4v) is 2.87. The van der Waals surface area contributed by atoms with Crippen LogP contribution in [0.25, 0.3) is 0 Å². The van der Waals surface area contributed by atoms with Crippen molar-refractivity contribution in [3.63, 3.8) is 0 Å². The SMILES string of the molecule is Cc1ccc(S(=O)(=O)NC(=O)NC(=O)c2ccccc2Cl)cc1. The fraction of sp³-hybridized carbons (Fsp3) is 0.0667. The first-order valence-electron chi connectivity index (χ1n) is 6.49. The molecule has 0 saturated carbocycles. The predicted octanol–water partition coefficient (Wildman–Crippen LogP) is 2.48. The highest BCUT2D eigenvalue weighted by atomic mass is 35.5. The quantitative estimate of drug-likeness (QED) is 0.887. The highest BCUT2D eigenvalue weighted by Crippen LogP contribution is 2.14. The molecule has 0 heterocycles. The van der Waals surface area contributed by atoms with Crippen molar-refractivity contribution in [2.24, 2.45) is 0 Å². The number of carbonyl (C=O) groups excluding carboxylic acids is 2. The fourth-order valence-electron chi connectivity index (χ4n) is 1.74. The van der Waals surface area contributed by atoms with Gasteiger partial charge in [-0.15, -0.1) is 0 Å². The van der Waals surface area contributed by atoms with Crippen molar-refractivity contribution >= 4 is 33.6 Å². The predicted molar refractivity (Wildman–Crippen MR) is 85.8 cm³/mol. The normalized spacial score (nSPS) is 10.9. The third kappa shape index (κ3) is 4.30. The van der Waals surface area contributed by atoms with Gasteiger partial charge in [-0.3, -0.25) is 10.1 Å². The van der Waals surface area contributed by atoms with Gasteiger partial charge in [-0.25, -0.2) is 17.9 Å². The standard InChI is InChI=1S/C15H13ClN2O4S/c1-10-6-8-11(9-7-10)23(21,22)18-15(20)17-14(19)12-4-2-3-5-13(12)16/h2-9H,1H3,(H2,17,18,19,20). The van der Waals surface area contributed by atoms with E-state index < -0.39 is 22.0 Å². The summed E-state index contributed by atoms with van der Waals surface area (Å²) in [5.74, 6) is -0.799. The summed E-state index contributed by atoms with van der Waals surface area (Å²) >= 11 is 5.84. The molecule has 0 aromatic heterocycles. The Labute approximate surface area is 138 Å². The van der Waals surface area contributed by atoms with Gasteiger partial charge in [-0.1, -0.05) is 41.4 Å². The zero-order valence-corrected chi connectivity index (χ0v) is 13.6. The lowest BCUT2D eigenvalue weighted by atomic mass is 10.2. The van der Waals surface area contributed by atoms with E-state index in [1.54, 1.807) is 35.9 Å². The first kappa shape index (κ1) is 17.0. The van der Waals surface area contributed by atoms with E-state index in [1.165, 1.54) is 24.3 Å². The highest BCUT2D eigenvalue weighted by molar-refractivity contribution is 7.90. The Kier molecular flexibility index (Phi) is 5.02. The van der Waals surface area contributed by atoms with Crippen molar-refractivity contribution in [3.8, 4) is 0 Å². The molecule has 0 bridgehead atoms. The third-order valence-electron chi connectivity index (χ3n) is 2.90. The second-order valence-corrected chi connectivity index (χ2v) is 6.77. The Hall–Kier alpha value is -2.38. The molecule has 8 heteroatoms. The molecule has 3 amide bonds. The van der Waals surface area contributed by atoms with E-state index in [1.807, 2.05) is 5.32 Å². The van der Waals surface area contributed by atoms with Crippen LogP contribution in [0.5, 0.6) is 0 Å². The number of hydrogen-bond donors (Lipinski definition) is 2. The van der Waals surface area contributed by atoms with Gasteiger partial charge in [0.15, 0.2) is 0 Å². The van der Waals surface area contributed by atoms with Crippen LogP contribution < -0.4 is 10.0 Å². The van der Waals surface area contributed by atoms with Gasteiger partial charge in [-0.2, -0.15) is 0 Å². The molecule has 2 aromatic carbocycles. The number of carbonyl (C=O) groups is 2. The van der Waals surface area contributed by atoms with Crippen LogP contribution in [0.3, 0.4) is 0 Å². The molecule has 0 spiro atoms. The number of urea groups is 1. The van der Waals surface area contributed by atoms with Crippen LogP contribution in [0, 0.1) is 6.92 Å². The third-order valence-corrected chi connectivity index (χ3v) is 4.58. The lowest BCUT2D eigenvalue weighted by Gasteiger charge is -2.08. The smallest absolute Gasteiger partial charge is 0.273 e. The number of benzene rings is 2. The van der Waals surface area contributed by atoms with Crippen molar-refractivity contribution in [2.75, 3.05) is 0 Å². The maximum Gasteiger partial charge on any atom is 0.335 e. The largest absolute Gasteiger partial charge is 0.335 e. The summed E-state index contributed by atoms with van der Waals surface area (Å²) in [6.45, 7) is 1.80. The van der Waals surface area contributed by atoms with Crippen LogP contribution >= 0.6 is 11.6 Å². The molecule has 23 heavy (non-hydrogen) atoms. The lowest BCUT2D eigenvalue weighted by molar-refractivity contribution is 0.0965. The summed E-state index contributed by atoms with van der Waals surface area (Å²) in [5, 5.41) is 2.07. The van der Waals surface area contributed by atoms with E-state index in [0.717, 1.165) is 5.56 Å². The van der Waals surface area contributed by atoms with E-state index >= 15 is 0 Å². The minimum absolute atomic E-state index is 0.0667. The van der Waals surface area contributed by atoms with Crippen LogP contribution in [0.15, 0.2) is 53.4 Å². The Balaban J connectivity index is 2.08. The zero-order valence-electron chi connectivity index (χ0n) is 12.0. The molecule has 0 fully saturated rings. The van der Waals surface area contributed by atoms with Crippen LogP contribution in [-0.2, 0) is 10.0 Å². The zero-order chi connectivity index (χ0) is 17.0. The Morgan fingerprint density at radius 1 is 1.00 bits per heavy atom. The van der Waals surface area contributed by atoms with Crippen LogP contribution in [0.2, 0.25) is 5.02 Å². The van der Waals surface area contributed by atoms with E-state index in [9.17, 15) is 18.0 Å². The molecule has 0 atom stereocenters. The number of imide groups is 1. The van der Waals surface area contributed by atoms with Gasteiger partial charge in [0.1, 0.15) is 0 Å². The maximum atomic E-state index is 12.0. The Morgan fingerprint density at radius 3 is 2.22 bits per heavy atom. The molecule has 2 aromatic rings. The topological polar surface area (TPSA) is 92.3 Å². The molecule has 0 unspecified atom stereocenters. The molecule has 0 aliphatic heterocycles. The first-order chi connectivity index (χ1) is 10.8. The number of amides is 3. The molecule has 6 nitrogen and oxygen atoms in total. The maximum absolute atomic E-state index is 12.0. The molecule has 0 aliphatic carbocycles. The summed E-state index contributed by atoms with van der Waals surface area (Å²) in [6.07, 6.45) is 0. The van der Waals surface area contributed by atoms with Gasteiger partial charge in [0.05, 0.1) is 15.5 Å². The van der Waals surface area contributed by atoms with Crippen LogP contribution in [0.1, 0.15) is 15.9 Å². The molecular weight excluding hydrogens is 340 g/mol. The van der Waals surface area contributed by atoms with Crippen molar-refractivity contribution in [2.45, 2.75) is 11.8 Å². The summed E-state index contributed by atoms with van der Waals surface area (Å²) in [5.41, 5.74) is 0.944. The van der Waals surface area contributed by atoms with Crippen molar-refractivity contribution in [3.05, 3.63) is 64.7 Å². The van der Waals surface area contributed by atoms with Gasteiger partial charge in [0.2, 0.25) is 0 Å². The molecule has 0 aliphatic rings. The summed E-state index contributed by atoms with van der Waals surface area (Å²) in [6, 6.07) is 10.9. The minimum Gasteiger partial charge on any atom is -0.273 e. The number of nitrogens with one attached hydrogen (secondary N) is 2. The van der Waals surface area contributed by atoms with Gasteiger partial charge >= 0.3 is 6.03 Å². The number of aryl methyl sites for hydroxylation is 1. The number of sulfonamides is 1. The summed E-state index contributed by atoms with van der Waals surface area (Å²) in [4.78, 5) is 23.5. The van der Waals surface area contributed by atoms with Gasteiger partial charge in [0.25, 0.3) is 15.9 Å². The molecule has 120 valence electrons. The van der Waals surface area contributed by atoms with Crippen LogP contribution in [0.4, 0.5) is 4.79 Å². The van der Waals surface area contributed by atoms with Crippen molar-refractivity contribution in [1.82, 2.24) is 10.0 Å². The minimum atomic E-state index is -4.06. The van der Waals surface area contributed by atoms with Gasteiger partial charge < -0.3 is 0 Å². The van der Waals surface area contributed by atoms with E-state index in [0.29, 0.717) is 0 Å².